The topological polar surface area (TPSA) is 43.4 Å². The molecule has 0 unspecified atom stereocenters. The van der Waals surface area contributed by atoms with Crippen LogP contribution in [-0.4, -0.2) is 43.7 Å². The standard InChI is InChI=1S/C20H26N2O2S/c1-2-18-5-7-19(8-6-18)17-25-15-14-24-13-12-23-11-10-22-20-4-3-9-21-16-20/h2-9,16,22H,1,10-15,17H2. The van der Waals surface area contributed by atoms with Crippen LogP contribution in [0.1, 0.15) is 11.1 Å². The predicted molar refractivity (Wildman–Crippen MR) is 107 cm³/mol. The van der Waals surface area contributed by atoms with Crippen molar-refractivity contribution in [2.75, 3.05) is 44.0 Å². The smallest absolute Gasteiger partial charge is 0.0701 e. The van der Waals surface area contributed by atoms with Crippen molar-refractivity contribution in [1.29, 1.82) is 0 Å². The van der Waals surface area contributed by atoms with Crippen molar-refractivity contribution < 1.29 is 9.47 Å². The van der Waals surface area contributed by atoms with E-state index in [1.807, 2.05) is 30.0 Å². The summed E-state index contributed by atoms with van der Waals surface area (Å²) < 4.78 is 11.1. The first kappa shape index (κ1) is 19.5. The minimum Gasteiger partial charge on any atom is -0.381 e. The van der Waals surface area contributed by atoms with Gasteiger partial charge in [-0.2, -0.15) is 11.8 Å². The van der Waals surface area contributed by atoms with E-state index >= 15 is 0 Å². The van der Waals surface area contributed by atoms with Gasteiger partial charge in [-0.3, -0.25) is 4.98 Å². The maximum Gasteiger partial charge on any atom is 0.0701 e. The second-order valence-corrected chi connectivity index (χ2v) is 6.50. The third-order valence-corrected chi connectivity index (χ3v) is 4.46. The molecule has 0 fully saturated rings. The van der Waals surface area contributed by atoms with Crippen molar-refractivity contribution >= 4 is 23.5 Å². The Bertz CT molecular complexity index is 590. The average molecular weight is 359 g/mol. The number of ether oxygens (including phenoxy) is 2. The largest absolute Gasteiger partial charge is 0.381 e. The van der Waals surface area contributed by atoms with Gasteiger partial charge in [-0.25, -0.2) is 0 Å². The van der Waals surface area contributed by atoms with Crippen molar-refractivity contribution in [3.05, 3.63) is 66.5 Å². The molecule has 1 N–H and O–H groups in total. The summed E-state index contributed by atoms with van der Waals surface area (Å²) in [5.74, 6) is 2.00. The third-order valence-electron chi connectivity index (χ3n) is 3.47. The molecule has 0 aliphatic carbocycles. The molecule has 2 aromatic rings. The molecule has 4 nitrogen and oxygen atoms in total. The van der Waals surface area contributed by atoms with Crippen molar-refractivity contribution in [3.63, 3.8) is 0 Å². The van der Waals surface area contributed by atoms with Crippen molar-refractivity contribution in [3.8, 4) is 0 Å². The zero-order chi connectivity index (χ0) is 17.6. The molecule has 0 aliphatic heterocycles. The zero-order valence-corrected chi connectivity index (χ0v) is 15.3. The summed E-state index contributed by atoms with van der Waals surface area (Å²) in [4.78, 5) is 4.05. The number of thioether (sulfide) groups is 1. The highest BCUT2D eigenvalue weighted by Crippen LogP contribution is 2.13. The van der Waals surface area contributed by atoms with Crippen LogP contribution in [0.2, 0.25) is 0 Å². The SMILES string of the molecule is C=Cc1ccc(CSCCOCCOCCNc2cccnc2)cc1. The molecule has 1 heterocycles. The first-order valence-electron chi connectivity index (χ1n) is 8.47. The number of benzene rings is 1. The normalized spacial score (nSPS) is 10.6. The molecule has 0 aliphatic rings. The highest BCUT2D eigenvalue weighted by atomic mass is 32.2. The van der Waals surface area contributed by atoms with Gasteiger partial charge in [0.2, 0.25) is 0 Å². The Morgan fingerprint density at radius 2 is 1.84 bits per heavy atom. The van der Waals surface area contributed by atoms with Crippen LogP contribution < -0.4 is 5.32 Å². The first-order valence-corrected chi connectivity index (χ1v) is 9.62. The van der Waals surface area contributed by atoms with E-state index in [1.165, 1.54) is 5.56 Å². The number of pyridine rings is 1. The van der Waals surface area contributed by atoms with Crippen molar-refractivity contribution in [1.82, 2.24) is 4.98 Å². The molecular formula is C20H26N2O2S. The quantitative estimate of drug-likeness (QED) is 0.546. The van der Waals surface area contributed by atoms with E-state index in [4.69, 9.17) is 9.47 Å². The van der Waals surface area contributed by atoms with Crippen LogP contribution in [0.5, 0.6) is 0 Å². The van der Waals surface area contributed by atoms with Gasteiger partial charge in [-0.15, -0.1) is 0 Å². The Morgan fingerprint density at radius 3 is 2.56 bits per heavy atom. The van der Waals surface area contributed by atoms with Crippen LogP contribution in [-0.2, 0) is 15.2 Å². The molecule has 25 heavy (non-hydrogen) atoms. The summed E-state index contributed by atoms with van der Waals surface area (Å²) >= 11 is 1.88. The van der Waals surface area contributed by atoms with Gasteiger partial charge in [-0.05, 0) is 23.3 Å². The molecule has 134 valence electrons. The van der Waals surface area contributed by atoms with Crippen molar-refractivity contribution in [2.45, 2.75) is 5.75 Å². The summed E-state index contributed by atoms with van der Waals surface area (Å²) in [7, 11) is 0. The zero-order valence-electron chi connectivity index (χ0n) is 14.5. The number of nitrogens with zero attached hydrogens (tertiary/aromatic N) is 1. The maximum atomic E-state index is 5.58. The lowest BCUT2D eigenvalue weighted by Crippen LogP contribution is -2.13. The third kappa shape index (κ3) is 8.72. The number of aromatic nitrogens is 1. The Kier molecular flexibility index (Phi) is 9.77. The van der Waals surface area contributed by atoms with E-state index in [0.717, 1.165) is 35.9 Å². The molecule has 0 radical (unpaired) electrons. The molecule has 0 saturated carbocycles. The summed E-state index contributed by atoms with van der Waals surface area (Å²) in [5.41, 5.74) is 3.51. The van der Waals surface area contributed by atoms with Crippen LogP contribution in [0.4, 0.5) is 5.69 Å². The van der Waals surface area contributed by atoms with Crippen LogP contribution in [0.15, 0.2) is 55.4 Å². The van der Waals surface area contributed by atoms with Crippen molar-refractivity contribution in [2.24, 2.45) is 0 Å². The van der Waals surface area contributed by atoms with Gasteiger partial charge in [0.05, 0.1) is 32.1 Å². The molecule has 0 spiro atoms. The lowest BCUT2D eigenvalue weighted by atomic mass is 10.1. The molecule has 0 saturated heterocycles. The lowest BCUT2D eigenvalue weighted by Gasteiger charge is -2.08. The summed E-state index contributed by atoms with van der Waals surface area (Å²) in [6.45, 7) is 7.22. The van der Waals surface area contributed by atoms with Crippen LogP contribution in [0, 0.1) is 0 Å². The van der Waals surface area contributed by atoms with Gasteiger partial charge in [0.25, 0.3) is 0 Å². The van der Waals surface area contributed by atoms with Gasteiger partial charge >= 0.3 is 0 Å². The Balaban J connectivity index is 1.37. The first-order chi connectivity index (χ1) is 12.4. The fourth-order valence-corrected chi connectivity index (χ4v) is 2.92. The Labute approximate surface area is 154 Å². The van der Waals surface area contributed by atoms with E-state index in [0.29, 0.717) is 19.8 Å². The van der Waals surface area contributed by atoms with E-state index < -0.39 is 0 Å². The number of hydrogen-bond donors (Lipinski definition) is 1. The van der Waals surface area contributed by atoms with Gasteiger partial charge in [0, 0.05) is 30.4 Å². The van der Waals surface area contributed by atoms with Crippen LogP contribution in [0.3, 0.4) is 0 Å². The summed E-state index contributed by atoms with van der Waals surface area (Å²) in [6, 6.07) is 12.4. The minimum atomic E-state index is 0.627. The highest BCUT2D eigenvalue weighted by molar-refractivity contribution is 7.98. The van der Waals surface area contributed by atoms with E-state index in [2.05, 4.69) is 41.1 Å². The van der Waals surface area contributed by atoms with Gasteiger partial charge < -0.3 is 14.8 Å². The van der Waals surface area contributed by atoms with Gasteiger partial charge in [0.1, 0.15) is 0 Å². The fourth-order valence-electron chi connectivity index (χ4n) is 2.11. The summed E-state index contributed by atoms with van der Waals surface area (Å²) in [6.07, 6.45) is 5.42. The van der Waals surface area contributed by atoms with E-state index in [9.17, 15) is 0 Å². The Morgan fingerprint density at radius 1 is 1.04 bits per heavy atom. The molecule has 0 bridgehead atoms. The van der Waals surface area contributed by atoms with E-state index in [-0.39, 0.29) is 0 Å². The molecule has 0 amide bonds. The highest BCUT2D eigenvalue weighted by Gasteiger charge is 1.95. The number of rotatable bonds is 13. The van der Waals surface area contributed by atoms with Gasteiger partial charge in [0.15, 0.2) is 0 Å². The molecule has 2 rings (SSSR count). The Hall–Kier alpha value is -1.82. The minimum absolute atomic E-state index is 0.627. The summed E-state index contributed by atoms with van der Waals surface area (Å²) in [5, 5.41) is 3.25. The number of hydrogen-bond acceptors (Lipinski definition) is 5. The predicted octanol–water partition coefficient (Wildman–Crippen LogP) is 4.10. The maximum absolute atomic E-state index is 5.58. The molecule has 0 atom stereocenters. The fraction of sp³-hybridized carbons (Fsp3) is 0.350. The molecular weight excluding hydrogens is 332 g/mol. The number of nitrogens with one attached hydrogen (secondary N) is 1. The van der Waals surface area contributed by atoms with Crippen LogP contribution in [0.25, 0.3) is 6.08 Å². The molecule has 1 aromatic heterocycles. The lowest BCUT2D eigenvalue weighted by molar-refractivity contribution is 0.0580. The molecule has 1 aromatic carbocycles. The van der Waals surface area contributed by atoms with Crippen LogP contribution >= 0.6 is 11.8 Å². The van der Waals surface area contributed by atoms with Gasteiger partial charge in [-0.1, -0.05) is 36.9 Å². The second-order valence-electron chi connectivity index (χ2n) is 5.39. The number of anilines is 1. The average Bonchev–Trinajstić information content (AvgIpc) is 2.67. The van der Waals surface area contributed by atoms with E-state index in [1.54, 1.807) is 12.4 Å². The second kappa shape index (κ2) is 12.5. The molecule has 5 heteroatoms. The monoisotopic (exact) mass is 358 g/mol.